The van der Waals surface area contributed by atoms with Gasteiger partial charge in [-0.1, -0.05) is 18.2 Å². The van der Waals surface area contributed by atoms with E-state index >= 15 is 0 Å². The second kappa shape index (κ2) is 5.67. The highest BCUT2D eigenvalue weighted by Crippen LogP contribution is 2.22. The molecule has 0 radical (unpaired) electrons. The molecule has 0 aliphatic heterocycles. The third kappa shape index (κ3) is 2.46. The Hall–Kier alpha value is -2.46. The van der Waals surface area contributed by atoms with E-state index in [9.17, 15) is 0 Å². The summed E-state index contributed by atoms with van der Waals surface area (Å²) in [5, 5.41) is 7.55. The summed E-state index contributed by atoms with van der Waals surface area (Å²) in [5.41, 5.74) is 4.32. The molecule has 1 aromatic carbocycles. The first kappa shape index (κ1) is 12.6. The Morgan fingerprint density at radius 1 is 1.10 bits per heavy atom. The van der Waals surface area contributed by atoms with Crippen molar-refractivity contribution >= 4 is 0 Å². The quantitative estimate of drug-likeness (QED) is 0.787. The summed E-state index contributed by atoms with van der Waals surface area (Å²) in [6, 6.07) is 14.3. The van der Waals surface area contributed by atoms with E-state index in [0.29, 0.717) is 0 Å². The van der Waals surface area contributed by atoms with Crippen LogP contribution in [0.1, 0.15) is 5.56 Å². The summed E-state index contributed by atoms with van der Waals surface area (Å²) >= 11 is 0. The fourth-order valence-electron chi connectivity index (χ4n) is 2.23. The highest BCUT2D eigenvalue weighted by atomic mass is 15.3. The van der Waals surface area contributed by atoms with Crippen LogP contribution in [0.25, 0.3) is 16.9 Å². The highest BCUT2D eigenvalue weighted by Gasteiger charge is 2.08. The first-order chi connectivity index (χ1) is 9.88. The number of hydrogen-bond acceptors (Lipinski definition) is 3. The maximum atomic E-state index is 4.41. The van der Waals surface area contributed by atoms with Crippen LogP contribution in [0.2, 0.25) is 0 Å². The lowest BCUT2D eigenvalue weighted by Gasteiger charge is -2.08. The predicted octanol–water partition coefficient (Wildman–Crippen LogP) is 2.65. The van der Waals surface area contributed by atoms with Crippen molar-refractivity contribution in [2.45, 2.75) is 6.54 Å². The van der Waals surface area contributed by atoms with Crippen LogP contribution >= 0.6 is 0 Å². The Labute approximate surface area is 118 Å². The van der Waals surface area contributed by atoms with E-state index in [2.05, 4.69) is 21.5 Å². The molecule has 0 unspecified atom stereocenters. The van der Waals surface area contributed by atoms with Gasteiger partial charge in [-0.3, -0.25) is 4.98 Å². The summed E-state index contributed by atoms with van der Waals surface area (Å²) in [6.07, 6.45) is 5.56. The molecule has 0 atom stereocenters. The molecule has 0 fully saturated rings. The standard InChI is InChI=1S/C16H16N4/c1-17-10-13-9-14(12-18-11-13)16-7-8-19-20(16)15-5-3-2-4-6-15/h2-9,11-12,17H,10H2,1H3. The van der Waals surface area contributed by atoms with E-state index in [1.165, 1.54) is 0 Å². The number of rotatable bonds is 4. The van der Waals surface area contributed by atoms with E-state index in [4.69, 9.17) is 0 Å². The minimum atomic E-state index is 0.806. The van der Waals surface area contributed by atoms with Crippen LogP contribution in [0, 0.1) is 0 Å². The second-order valence-electron chi connectivity index (χ2n) is 4.58. The summed E-state index contributed by atoms with van der Waals surface area (Å²) in [4.78, 5) is 4.31. The van der Waals surface area contributed by atoms with Crippen LogP contribution in [0.15, 0.2) is 61.1 Å². The van der Waals surface area contributed by atoms with Gasteiger partial charge >= 0.3 is 0 Å². The van der Waals surface area contributed by atoms with Crippen LogP contribution in [0.4, 0.5) is 0 Å². The molecule has 100 valence electrons. The zero-order valence-corrected chi connectivity index (χ0v) is 11.3. The van der Waals surface area contributed by atoms with Crippen molar-refractivity contribution in [3.8, 4) is 16.9 Å². The van der Waals surface area contributed by atoms with Crippen LogP contribution in [0.3, 0.4) is 0 Å². The van der Waals surface area contributed by atoms with Gasteiger partial charge in [0.2, 0.25) is 0 Å². The molecule has 1 N–H and O–H groups in total. The Morgan fingerprint density at radius 3 is 2.75 bits per heavy atom. The lowest BCUT2D eigenvalue weighted by molar-refractivity contribution is 0.813. The maximum Gasteiger partial charge on any atom is 0.0756 e. The van der Waals surface area contributed by atoms with Crippen molar-refractivity contribution in [2.75, 3.05) is 7.05 Å². The molecule has 20 heavy (non-hydrogen) atoms. The van der Waals surface area contributed by atoms with Gasteiger partial charge in [-0.15, -0.1) is 0 Å². The molecule has 0 bridgehead atoms. The SMILES string of the molecule is CNCc1cncc(-c2ccnn2-c2ccccc2)c1. The van der Waals surface area contributed by atoms with Gasteiger partial charge in [0.25, 0.3) is 0 Å². The van der Waals surface area contributed by atoms with Gasteiger partial charge in [-0.2, -0.15) is 5.10 Å². The van der Waals surface area contributed by atoms with E-state index in [-0.39, 0.29) is 0 Å². The van der Waals surface area contributed by atoms with Gasteiger partial charge in [0.15, 0.2) is 0 Å². The van der Waals surface area contributed by atoms with Crippen molar-refractivity contribution in [3.63, 3.8) is 0 Å². The van der Waals surface area contributed by atoms with Crippen molar-refractivity contribution in [2.24, 2.45) is 0 Å². The van der Waals surface area contributed by atoms with Gasteiger partial charge in [0.1, 0.15) is 0 Å². The topological polar surface area (TPSA) is 42.7 Å². The molecule has 0 amide bonds. The Balaban J connectivity index is 2.04. The molecule has 4 heteroatoms. The third-order valence-corrected chi connectivity index (χ3v) is 3.12. The lowest BCUT2D eigenvalue weighted by atomic mass is 10.1. The van der Waals surface area contributed by atoms with Crippen LogP contribution in [-0.4, -0.2) is 21.8 Å². The number of benzene rings is 1. The van der Waals surface area contributed by atoms with Gasteiger partial charge in [-0.05, 0) is 36.9 Å². The van der Waals surface area contributed by atoms with E-state index in [1.807, 2.05) is 66.7 Å². The molecule has 2 heterocycles. The molecule has 0 aliphatic rings. The monoisotopic (exact) mass is 264 g/mol. The minimum absolute atomic E-state index is 0.806. The molecular weight excluding hydrogens is 248 g/mol. The van der Waals surface area contributed by atoms with Gasteiger partial charge in [-0.25, -0.2) is 4.68 Å². The number of aromatic nitrogens is 3. The van der Waals surface area contributed by atoms with Crippen molar-refractivity contribution in [3.05, 3.63) is 66.6 Å². The van der Waals surface area contributed by atoms with Crippen molar-refractivity contribution in [1.29, 1.82) is 0 Å². The second-order valence-corrected chi connectivity index (χ2v) is 4.58. The maximum absolute atomic E-state index is 4.41. The smallest absolute Gasteiger partial charge is 0.0756 e. The lowest BCUT2D eigenvalue weighted by Crippen LogP contribution is -2.06. The van der Waals surface area contributed by atoms with Gasteiger partial charge in [0, 0.05) is 24.5 Å². The van der Waals surface area contributed by atoms with Crippen LogP contribution < -0.4 is 5.32 Å². The molecular formula is C16H16N4. The number of para-hydroxylation sites is 1. The average Bonchev–Trinajstić information content (AvgIpc) is 2.98. The molecule has 3 rings (SSSR count). The molecule has 4 nitrogen and oxygen atoms in total. The summed E-state index contributed by atoms with van der Waals surface area (Å²) in [6.45, 7) is 0.806. The fraction of sp³-hybridized carbons (Fsp3) is 0.125. The van der Waals surface area contributed by atoms with Crippen molar-refractivity contribution < 1.29 is 0 Å². The molecule has 0 saturated heterocycles. The number of nitrogens with one attached hydrogen (secondary N) is 1. The summed E-state index contributed by atoms with van der Waals surface area (Å²) < 4.78 is 1.93. The Morgan fingerprint density at radius 2 is 1.95 bits per heavy atom. The normalized spacial score (nSPS) is 10.7. The molecule has 0 spiro atoms. The Kier molecular flexibility index (Phi) is 3.56. The minimum Gasteiger partial charge on any atom is -0.316 e. The van der Waals surface area contributed by atoms with Crippen LogP contribution in [-0.2, 0) is 6.54 Å². The van der Waals surface area contributed by atoms with Gasteiger partial charge in [0.05, 0.1) is 17.6 Å². The Bertz CT molecular complexity index is 688. The van der Waals surface area contributed by atoms with E-state index < -0.39 is 0 Å². The number of pyridine rings is 1. The third-order valence-electron chi connectivity index (χ3n) is 3.12. The molecule has 2 aromatic heterocycles. The zero-order chi connectivity index (χ0) is 13.8. The zero-order valence-electron chi connectivity index (χ0n) is 11.3. The highest BCUT2D eigenvalue weighted by molar-refractivity contribution is 5.61. The van der Waals surface area contributed by atoms with Crippen LogP contribution in [0.5, 0.6) is 0 Å². The number of nitrogens with zero attached hydrogens (tertiary/aromatic N) is 3. The van der Waals surface area contributed by atoms with E-state index in [1.54, 1.807) is 0 Å². The first-order valence-corrected chi connectivity index (χ1v) is 6.57. The fourth-order valence-corrected chi connectivity index (χ4v) is 2.23. The molecule has 0 aliphatic carbocycles. The van der Waals surface area contributed by atoms with E-state index in [0.717, 1.165) is 29.1 Å². The largest absolute Gasteiger partial charge is 0.316 e. The summed E-state index contributed by atoms with van der Waals surface area (Å²) in [5.74, 6) is 0. The van der Waals surface area contributed by atoms with Gasteiger partial charge < -0.3 is 5.32 Å². The molecule has 3 aromatic rings. The molecule has 0 saturated carbocycles. The average molecular weight is 264 g/mol. The van der Waals surface area contributed by atoms with Crippen molar-refractivity contribution in [1.82, 2.24) is 20.1 Å². The number of hydrogen-bond donors (Lipinski definition) is 1. The summed E-state index contributed by atoms with van der Waals surface area (Å²) in [7, 11) is 1.93. The predicted molar refractivity (Wildman–Crippen MR) is 79.6 cm³/mol. The first-order valence-electron chi connectivity index (χ1n) is 6.57.